The van der Waals surface area contributed by atoms with Crippen LogP contribution in [0.4, 0.5) is 0 Å². The number of ether oxygens (including phenoxy) is 2. The molecule has 9 nitrogen and oxygen atoms in total. The summed E-state index contributed by atoms with van der Waals surface area (Å²) in [6.45, 7) is -0.331. The number of esters is 2. The number of likely N-dealkylation sites (tertiary alicyclic amines) is 1. The van der Waals surface area contributed by atoms with Crippen molar-refractivity contribution in [3.63, 3.8) is 0 Å². The van der Waals surface area contributed by atoms with E-state index >= 15 is 0 Å². The summed E-state index contributed by atoms with van der Waals surface area (Å²) >= 11 is 0. The minimum Gasteiger partial charge on any atom is -0.469 e. The molecule has 0 aromatic heterocycles. The highest BCUT2D eigenvalue weighted by Crippen LogP contribution is 2.18. The summed E-state index contributed by atoms with van der Waals surface area (Å²) in [5, 5.41) is 0.951. The minimum atomic E-state index is -3.82. The van der Waals surface area contributed by atoms with Crippen molar-refractivity contribution in [3.05, 3.63) is 41.3 Å². The molecule has 0 saturated carbocycles. The third kappa shape index (κ3) is 7.66. The fraction of sp³-hybridized carbons (Fsp3) is 0.421. The van der Waals surface area contributed by atoms with Gasteiger partial charge in [0.25, 0.3) is 5.91 Å². The Morgan fingerprint density at radius 1 is 1.17 bits per heavy atom. The second kappa shape index (κ2) is 10.7. The highest BCUT2D eigenvalue weighted by atomic mass is 32.2. The van der Waals surface area contributed by atoms with Gasteiger partial charge in [0.2, 0.25) is 10.0 Å². The van der Waals surface area contributed by atoms with E-state index in [9.17, 15) is 22.8 Å². The largest absolute Gasteiger partial charge is 0.469 e. The number of sulfonamides is 1. The third-order valence-corrected chi connectivity index (χ3v) is 5.44. The molecule has 0 unspecified atom stereocenters. The standard InChI is InChI=1S/C19H24N2O7S/c1-27-19(24)16-7-10-21(11-8-16)17(22)14-28-18(23)13-20-29(25,26)12-9-15-5-3-2-4-6-15/h2-6,9,12,16,20H,7-8,10-11,13-14H2,1H3/b12-9+. The monoisotopic (exact) mass is 424 g/mol. The maximum atomic E-state index is 12.1. The fourth-order valence-electron chi connectivity index (χ4n) is 2.76. The molecule has 1 aliphatic rings. The average molecular weight is 424 g/mol. The molecule has 1 saturated heterocycles. The van der Waals surface area contributed by atoms with Crippen molar-refractivity contribution in [3.8, 4) is 0 Å². The van der Waals surface area contributed by atoms with Gasteiger partial charge in [-0.1, -0.05) is 30.3 Å². The van der Waals surface area contributed by atoms with Gasteiger partial charge in [-0.2, -0.15) is 0 Å². The van der Waals surface area contributed by atoms with E-state index in [0.29, 0.717) is 31.5 Å². The van der Waals surface area contributed by atoms with Crippen LogP contribution in [0.5, 0.6) is 0 Å². The Morgan fingerprint density at radius 2 is 1.83 bits per heavy atom. The third-order valence-electron chi connectivity index (χ3n) is 4.40. The number of hydrogen-bond acceptors (Lipinski definition) is 7. The maximum Gasteiger partial charge on any atom is 0.321 e. The van der Waals surface area contributed by atoms with Gasteiger partial charge in [0.15, 0.2) is 6.61 Å². The number of benzene rings is 1. The lowest BCUT2D eigenvalue weighted by molar-refractivity contribution is -0.153. The van der Waals surface area contributed by atoms with Crippen LogP contribution in [0.25, 0.3) is 6.08 Å². The summed E-state index contributed by atoms with van der Waals surface area (Å²) in [5.41, 5.74) is 0.696. The van der Waals surface area contributed by atoms with Crippen LogP contribution < -0.4 is 4.72 Å². The van der Waals surface area contributed by atoms with Crippen LogP contribution in [0.1, 0.15) is 18.4 Å². The van der Waals surface area contributed by atoms with Crippen molar-refractivity contribution < 1.29 is 32.3 Å². The van der Waals surface area contributed by atoms with E-state index in [0.717, 1.165) is 5.41 Å². The molecule has 0 radical (unpaired) electrons. The Labute approximate surface area is 169 Å². The number of nitrogens with one attached hydrogen (secondary N) is 1. The van der Waals surface area contributed by atoms with Gasteiger partial charge in [-0.15, -0.1) is 0 Å². The number of hydrogen-bond donors (Lipinski definition) is 1. The highest BCUT2D eigenvalue weighted by molar-refractivity contribution is 7.92. The average Bonchev–Trinajstić information content (AvgIpc) is 2.75. The number of amides is 1. The van der Waals surface area contributed by atoms with Crippen molar-refractivity contribution in [1.82, 2.24) is 9.62 Å². The van der Waals surface area contributed by atoms with E-state index in [2.05, 4.69) is 9.46 Å². The Bertz CT molecular complexity index is 845. The molecule has 29 heavy (non-hydrogen) atoms. The van der Waals surface area contributed by atoms with Gasteiger partial charge in [0, 0.05) is 18.5 Å². The number of rotatable bonds is 8. The van der Waals surface area contributed by atoms with Crippen LogP contribution >= 0.6 is 0 Å². The Balaban J connectivity index is 1.71. The van der Waals surface area contributed by atoms with E-state index in [4.69, 9.17) is 4.74 Å². The molecular formula is C19H24N2O7S. The normalized spacial score (nSPS) is 15.3. The van der Waals surface area contributed by atoms with Gasteiger partial charge in [0.1, 0.15) is 6.54 Å². The summed E-state index contributed by atoms with van der Waals surface area (Å²) in [4.78, 5) is 36.8. The molecule has 0 bridgehead atoms. The van der Waals surface area contributed by atoms with Crippen LogP contribution in [0.15, 0.2) is 35.7 Å². The summed E-state index contributed by atoms with van der Waals surface area (Å²) in [5.74, 6) is -1.78. The van der Waals surface area contributed by atoms with Crippen molar-refractivity contribution in [2.45, 2.75) is 12.8 Å². The number of carbonyl (C=O) groups is 3. The van der Waals surface area contributed by atoms with Gasteiger partial charge in [0.05, 0.1) is 13.0 Å². The molecule has 1 amide bonds. The molecule has 0 aliphatic carbocycles. The van der Waals surface area contributed by atoms with Crippen molar-refractivity contribution in [2.75, 3.05) is 33.4 Å². The first kappa shape index (κ1) is 22.6. The van der Waals surface area contributed by atoms with Gasteiger partial charge in [-0.25, -0.2) is 13.1 Å². The van der Waals surface area contributed by atoms with E-state index in [1.54, 1.807) is 24.3 Å². The summed E-state index contributed by atoms with van der Waals surface area (Å²) < 4.78 is 35.4. The molecule has 1 heterocycles. The lowest BCUT2D eigenvalue weighted by Gasteiger charge is -2.30. The molecule has 0 atom stereocenters. The molecule has 1 aromatic carbocycles. The van der Waals surface area contributed by atoms with E-state index in [-0.39, 0.29) is 11.9 Å². The van der Waals surface area contributed by atoms with Crippen molar-refractivity contribution >= 4 is 33.9 Å². The molecule has 10 heteroatoms. The van der Waals surface area contributed by atoms with Gasteiger partial charge in [-0.05, 0) is 24.5 Å². The minimum absolute atomic E-state index is 0.232. The first-order valence-electron chi connectivity index (χ1n) is 9.05. The number of methoxy groups -OCH3 is 1. The van der Waals surface area contributed by atoms with Crippen LogP contribution in [0.3, 0.4) is 0 Å². The molecule has 0 spiro atoms. The first-order valence-corrected chi connectivity index (χ1v) is 10.6. The predicted octanol–water partition coefficient (Wildman–Crippen LogP) is 0.532. The predicted molar refractivity (Wildman–Crippen MR) is 105 cm³/mol. The topological polar surface area (TPSA) is 119 Å². The van der Waals surface area contributed by atoms with E-state index in [1.165, 1.54) is 18.1 Å². The SMILES string of the molecule is COC(=O)C1CCN(C(=O)COC(=O)CNS(=O)(=O)/C=C/c2ccccc2)CC1. The molecule has 1 N–H and O–H groups in total. The molecule has 1 fully saturated rings. The van der Waals surface area contributed by atoms with Crippen LogP contribution in [0, 0.1) is 5.92 Å². The van der Waals surface area contributed by atoms with Crippen molar-refractivity contribution in [2.24, 2.45) is 5.92 Å². The van der Waals surface area contributed by atoms with Gasteiger partial charge < -0.3 is 14.4 Å². The van der Waals surface area contributed by atoms with Crippen LogP contribution in [-0.4, -0.2) is 64.5 Å². The molecule has 1 aliphatic heterocycles. The number of nitrogens with zero attached hydrogens (tertiary/aromatic N) is 1. The van der Waals surface area contributed by atoms with Gasteiger partial charge in [-0.3, -0.25) is 14.4 Å². The Hall–Kier alpha value is -2.72. The van der Waals surface area contributed by atoms with E-state index in [1.807, 2.05) is 6.07 Å². The lowest BCUT2D eigenvalue weighted by Crippen LogP contribution is -2.42. The second-order valence-electron chi connectivity index (χ2n) is 6.42. The smallest absolute Gasteiger partial charge is 0.321 e. The molecular weight excluding hydrogens is 400 g/mol. The quantitative estimate of drug-likeness (QED) is 0.605. The molecule has 2 rings (SSSR count). The second-order valence-corrected chi connectivity index (χ2v) is 8.07. The van der Waals surface area contributed by atoms with Gasteiger partial charge >= 0.3 is 11.9 Å². The zero-order chi connectivity index (χ0) is 21.3. The number of carbonyl (C=O) groups excluding carboxylic acids is 3. The zero-order valence-electron chi connectivity index (χ0n) is 16.1. The summed E-state index contributed by atoms with van der Waals surface area (Å²) in [6, 6.07) is 8.82. The Morgan fingerprint density at radius 3 is 2.45 bits per heavy atom. The fourth-order valence-corrected chi connectivity index (χ4v) is 3.51. The van der Waals surface area contributed by atoms with E-state index < -0.39 is 35.1 Å². The highest BCUT2D eigenvalue weighted by Gasteiger charge is 2.28. The molecule has 1 aromatic rings. The van der Waals surface area contributed by atoms with Crippen molar-refractivity contribution in [1.29, 1.82) is 0 Å². The summed E-state index contributed by atoms with van der Waals surface area (Å²) in [6.07, 6.45) is 2.37. The molecule has 158 valence electrons. The maximum absolute atomic E-state index is 12.1. The van der Waals surface area contributed by atoms with Crippen LogP contribution in [-0.2, 0) is 33.9 Å². The lowest BCUT2D eigenvalue weighted by atomic mass is 9.97. The van der Waals surface area contributed by atoms with Crippen LogP contribution in [0.2, 0.25) is 0 Å². The zero-order valence-corrected chi connectivity index (χ0v) is 16.9. The summed E-state index contributed by atoms with van der Waals surface area (Å²) in [7, 11) is -2.50. The number of piperidine rings is 1. The first-order chi connectivity index (χ1) is 13.8. The Kier molecular flexibility index (Phi) is 8.34.